The van der Waals surface area contributed by atoms with Gasteiger partial charge in [-0.25, -0.2) is 0 Å². The lowest BCUT2D eigenvalue weighted by molar-refractivity contribution is 0.0755. The van der Waals surface area contributed by atoms with Gasteiger partial charge >= 0.3 is 0 Å². The van der Waals surface area contributed by atoms with Crippen LogP contribution in [-0.4, -0.2) is 47.4 Å². The molecular formula is C14H22N4O2. The van der Waals surface area contributed by atoms with Gasteiger partial charge in [-0.1, -0.05) is 13.0 Å². The maximum absolute atomic E-state index is 12.6. The van der Waals surface area contributed by atoms with E-state index >= 15 is 0 Å². The first-order chi connectivity index (χ1) is 9.58. The quantitative estimate of drug-likeness (QED) is 0.833. The number of rotatable bonds is 4. The Kier molecular flexibility index (Phi) is 4.44. The monoisotopic (exact) mass is 278 g/mol. The first-order valence-corrected chi connectivity index (χ1v) is 6.85. The minimum atomic E-state index is -0.0510. The van der Waals surface area contributed by atoms with E-state index in [1.807, 2.05) is 6.92 Å². The molecule has 1 aromatic rings. The summed E-state index contributed by atoms with van der Waals surface area (Å²) in [6.07, 6.45) is 3.63. The zero-order valence-electron chi connectivity index (χ0n) is 12.3. The number of ether oxygens (including phenoxy) is 1. The Labute approximate surface area is 119 Å². The molecule has 6 nitrogen and oxygen atoms in total. The molecule has 6 heteroatoms. The Hall–Kier alpha value is -1.82. The van der Waals surface area contributed by atoms with Crippen LogP contribution >= 0.6 is 0 Å². The van der Waals surface area contributed by atoms with Crippen LogP contribution in [0.25, 0.3) is 0 Å². The van der Waals surface area contributed by atoms with Crippen molar-refractivity contribution in [2.75, 3.05) is 32.5 Å². The van der Waals surface area contributed by atoms with Gasteiger partial charge in [0, 0.05) is 27.2 Å². The predicted molar refractivity (Wildman–Crippen MR) is 77.5 cm³/mol. The summed E-state index contributed by atoms with van der Waals surface area (Å²) in [5, 5.41) is 4.30. The normalized spacial score (nSPS) is 15.3. The maximum Gasteiger partial charge on any atom is 0.274 e. The van der Waals surface area contributed by atoms with Crippen molar-refractivity contribution < 1.29 is 9.53 Å². The highest BCUT2D eigenvalue weighted by atomic mass is 16.5. The highest BCUT2D eigenvalue weighted by Gasteiger charge is 2.25. The number of carbonyl (C=O) groups excluding carboxylic acids is 1. The number of anilines is 1. The van der Waals surface area contributed by atoms with Crippen LogP contribution in [0.15, 0.2) is 11.6 Å². The van der Waals surface area contributed by atoms with Crippen molar-refractivity contribution in [3.63, 3.8) is 0 Å². The molecule has 1 aliphatic rings. The second kappa shape index (κ2) is 6.09. The van der Waals surface area contributed by atoms with Gasteiger partial charge in [0.1, 0.15) is 5.69 Å². The van der Waals surface area contributed by atoms with Gasteiger partial charge in [-0.2, -0.15) is 5.10 Å². The SMILES string of the molecule is CCc1nn(C)c(C(=O)N2CC=C(COC)CC2)c1N. The van der Waals surface area contributed by atoms with Crippen LogP contribution in [-0.2, 0) is 18.2 Å². The molecule has 0 radical (unpaired) electrons. The van der Waals surface area contributed by atoms with Gasteiger partial charge in [-0.3, -0.25) is 9.48 Å². The first-order valence-electron chi connectivity index (χ1n) is 6.85. The molecule has 0 saturated heterocycles. The number of methoxy groups -OCH3 is 1. The zero-order chi connectivity index (χ0) is 14.7. The van der Waals surface area contributed by atoms with E-state index in [1.165, 1.54) is 5.57 Å². The number of hydrogen-bond acceptors (Lipinski definition) is 4. The molecule has 1 amide bonds. The topological polar surface area (TPSA) is 73.4 Å². The lowest BCUT2D eigenvalue weighted by Crippen LogP contribution is -2.36. The van der Waals surface area contributed by atoms with Crippen LogP contribution in [0, 0.1) is 0 Å². The van der Waals surface area contributed by atoms with Crippen molar-refractivity contribution in [1.82, 2.24) is 14.7 Å². The number of nitrogens with zero attached hydrogens (tertiary/aromatic N) is 3. The van der Waals surface area contributed by atoms with E-state index < -0.39 is 0 Å². The van der Waals surface area contributed by atoms with Crippen molar-refractivity contribution >= 4 is 11.6 Å². The molecule has 0 aliphatic carbocycles. The Bertz CT molecular complexity index is 534. The van der Waals surface area contributed by atoms with Gasteiger partial charge in [0.15, 0.2) is 0 Å². The molecule has 0 saturated carbocycles. The Morgan fingerprint density at radius 3 is 2.80 bits per heavy atom. The smallest absolute Gasteiger partial charge is 0.274 e. The highest BCUT2D eigenvalue weighted by molar-refractivity contribution is 5.98. The van der Waals surface area contributed by atoms with E-state index in [4.69, 9.17) is 10.5 Å². The summed E-state index contributed by atoms with van der Waals surface area (Å²) < 4.78 is 6.70. The second-order valence-electron chi connectivity index (χ2n) is 4.98. The molecule has 1 aliphatic heterocycles. The number of amides is 1. The highest BCUT2D eigenvalue weighted by Crippen LogP contribution is 2.21. The summed E-state index contributed by atoms with van der Waals surface area (Å²) in [6, 6.07) is 0. The van der Waals surface area contributed by atoms with Gasteiger partial charge < -0.3 is 15.4 Å². The summed E-state index contributed by atoms with van der Waals surface area (Å²) in [5.41, 5.74) is 9.05. The predicted octanol–water partition coefficient (Wildman–Crippen LogP) is 0.983. The number of carbonyl (C=O) groups is 1. The van der Waals surface area contributed by atoms with Crippen molar-refractivity contribution in [2.24, 2.45) is 7.05 Å². The minimum Gasteiger partial charge on any atom is -0.395 e. The van der Waals surface area contributed by atoms with E-state index in [9.17, 15) is 4.79 Å². The number of nitrogens with two attached hydrogens (primary N) is 1. The lowest BCUT2D eigenvalue weighted by Gasteiger charge is -2.26. The summed E-state index contributed by atoms with van der Waals surface area (Å²) in [5.74, 6) is -0.0510. The van der Waals surface area contributed by atoms with Crippen LogP contribution in [0.1, 0.15) is 29.5 Å². The van der Waals surface area contributed by atoms with Crippen LogP contribution < -0.4 is 5.73 Å². The molecule has 20 heavy (non-hydrogen) atoms. The third kappa shape index (κ3) is 2.70. The van der Waals surface area contributed by atoms with Gasteiger partial charge in [0.05, 0.1) is 18.0 Å². The molecule has 110 valence electrons. The number of nitrogen functional groups attached to an aromatic ring is 1. The van der Waals surface area contributed by atoms with Crippen LogP contribution in [0.2, 0.25) is 0 Å². The van der Waals surface area contributed by atoms with E-state index in [0.717, 1.165) is 18.5 Å². The van der Waals surface area contributed by atoms with Crippen molar-refractivity contribution in [1.29, 1.82) is 0 Å². The van der Waals surface area contributed by atoms with Crippen molar-refractivity contribution in [2.45, 2.75) is 19.8 Å². The molecule has 0 fully saturated rings. The van der Waals surface area contributed by atoms with Crippen molar-refractivity contribution in [3.8, 4) is 0 Å². The molecule has 0 aromatic carbocycles. The van der Waals surface area contributed by atoms with Gasteiger partial charge in [0.25, 0.3) is 5.91 Å². The van der Waals surface area contributed by atoms with E-state index in [0.29, 0.717) is 31.1 Å². The Morgan fingerprint density at radius 2 is 2.30 bits per heavy atom. The van der Waals surface area contributed by atoms with E-state index in [1.54, 1.807) is 23.7 Å². The first kappa shape index (κ1) is 14.6. The third-order valence-corrected chi connectivity index (χ3v) is 3.62. The number of aryl methyl sites for hydroxylation is 2. The molecule has 2 rings (SSSR count). The molecule has 0 atom stereocenters. The molecule has 0 bridgehead atoms. The summed E-state index contributed by atoms with van der Waals surface area (Å²) in [6.45, 7) is 3.91. The Balaban J connectivity index is 2.15. The van der Waals surface area contributed by atoms with E-state index in [2.05, 4.69) is 11.2 Å². The third-order valence-electron chi connectivity index (χ3n) is 3.62. The molecule has 0 unspecified atom stereocenters. The fourth-order valence-corrected chi connectivity index (χ4v) is 2.47. The average Bonchev–Trinajstić information content (AvgIpc) is 2.74. The molecule has 0 spiro atoms. The average molecular weight is 278 g/mol. The van der Waals surface area contributed by atoms with Crippen molar-refractivity contribution in [3.05, 3.63) is 23.0 Å². The molecular weight excluding hydrogens is 256 g/mol. The van der Waals surface area contributed by atoms with Gasteiger partial charge in [0.2, 0.25) is 0 Å². The van der Waals surface area contributed by atoms with Crippen LogP contribution in [0.5, 0.6) is 0 Å². The largest absolute Gasteiger partial charge is 0.395 e. The van der Waals surface area contributed by atoms with Gasteiger partial charge in [-0.15, -0.1) is 0 Å². The summed E-state index contributed by atoms with van der Waals surface area (Å²) in [4.78, 5) is 14.4. The number of aromatic nitrogens is 2. The maximum atomic E-state index is 12.6. The summed E-state index contributed by atoms with van der Waals surface area (Å²) in [7, 11) is 3.44. The molecule has 1 aromatic heterocycles. The lowest BCUT2D eigenvalue weighted by atomic mass is 10.1. The zero-order valence-corrected chi connectivity index (χ0v) is 12.3. The molecule has 2 heterocycles. The Morgan fingerprint density at radius 1 is 1.55 bits per heavy atom. The molecule has 2 N–H and O–H groups in total. The van der Waals surface area contributed by atoms with E-state index in [-0.39, 0.29) is 5.91 Å². The van der Waals surface area contributed by atoms with Gasteiger partial charge in [-0.05, 0) is 18.4 Å². The number of hydrogen-bond donors (Lipinski definition) is 1. The standard InChI is InChI=1S/C14H22N4O2/c1-4-11-12(15)13(17(2)16-11)14(19)18-7-5-10(6-8-18)9-20-3/h5H,4,6-9,15H2,1-3H3. The van der Waals surface area contributed by atoms with Crippen LogP contribution in [0.4, 0.5) is 5.69 Å². The second-order valence-corrected chi connectivity index (χ2v) is 4.98. The minimum absolute atomic E-state index is 0.0510. The summed E-state index contributed by atoms with van der Waals surface area (Å²) >= 11 is 0. The fraction of sp³-hybridized carbons (Fsp3) is 0.571. The fourth-order valence-electron chi connectivity index (χ4n) is 2.47. The van der Waals surface area contributed by atoms with Crippen LogP contribution in [0.3, 0.4) is 0 Å².